The molecule has 220 valence electrons. The van der Waals surface area contributed by atoms with Crippen molar-refractivity contribution < 1.29 is 19.4 Å². The van der Waals surface area contributed by atoms with Crippen LogP contribution < -0.4 is 15.6 Å². The summed E-state index contributed by atoms with van der Waals surface area (Å²) in [4.78, 5) is 19.5. The van der Waals surface area contributed by atoms with E-state index in [1.807, 2.05) is 78.9 Å². The van der Waals surface area contributed by atoms with Crippen molar-refractivity contribution in [2.75, 3.05) is 13.2 Å². The highest BCUT2D eigenvalue weighted by Crippen LogP contribution is 2.42. The molecule has 1 heterocycles. The minimum absolute atomic E-state index is 0.0780. The molecule has 0 saturated heterocycles. The molecule has 0 unspecified atom stereocenters. The molecule has 6 rings (SSSR count). The first kappa shape index (κ1) is 29.1. The number of aliphatic hydroxyl groups excluding tert-OH is 1. The van der Waals surface area contributed by atoms with E-state index >= 15 is 0 Å². The van der Waals surface area contributed by atoms with Crippen molar-refractivity contribution in [2.24, 2.45) is 4.99 Å². The minimum Gasteiger partial charge on any atom is -0.494 e. The molecule has 0 spiro atoms. The first-order valence-electron chi connectivity index (χ1n) is 14.6. The van der Waals surface area contributed by atoms with Crippen molar-refractivity contribution in [1.82, 2.24) is 10.9 Å². The molecule has 8 heteroatoms. The van der Waals surface area contributed by atoms with E-state index in [9.17, 15) is 4.79 Å². The molecule has 1 aliphatic carbocycles. The molecule has 2 atom stereocenters. The van der Waals surface area contributed by atoms with Crippen LogP contribution in [0.4, 0.5) is 0 Å². The summed E-state index contributed by atoms with van der Waals surface area (Å²) in [7, 11) is 0. The third-order valence-corrected chi connectivity index (χ3v) is 8.49. The summed E-state index contributed by atoms with van der Waals surface area (Å²) in [6.45, 7) is 0.508. The second-order valence-electron chi connectivity index (χ2n) is 11.0. The Hall–Kier alpha value is -3.98. The molecular weight excluding hydrogens is 606 g/mol. The molecule has 0 saturated carbocycles. The molecule has 0 aromatic heterocycles. The van der Waals surface area contributed by atoms with Gasteiger partial charge in [0.1, 0.15) is 5.75 Å². The first-order valence-corrected chi connectivity index (χ1v) is 15.4. The largest absolute Gasteiger partial charge is 0.494 e. The highest BCUT2D eigenvalue weighted by atomic mass is 79.9. The molecular formula is C35H34BrN3O4. The van der Waals surface area contributed by atoms with Gasteiger partial charge in [-0.25, -0.2) is 10.4 Å². The van der Waals surface area contributed by atoms with Crippen LogP contribution in [0.2, 0.25) is 0 Å². The number of carbonyl (C=O) groups is 1. The number of amides is 1. The SMILES string of the molecule is O=C(NNC1Cc2ccccc2C1)[C@@]1(Cc2ccc(Br)cc2)N=C(c2ccc(OCCCO)cc2)O[C@H]1c1ccccc1. The fourth-order valence-corrected chi connectivity index (χ4v) is 6.02. The van der Waals surface area contributed by atoms with Gasteiger partial charge in [0, 0.05) is 35.5 Å². The summed E-state index contributed by atoms with van der Waals surface area (Å²) in [6.07, 6.45) is 1.93. The summed E-state index contributed by atoms with van der Waals surface area (Å²) < 4.78 is 13.3. The van der Waals surface area contributed by atoms with E-state index in [2.05, 4.69) is 51.0 Å². The Bertz CT molecular complexity index is 1550. The van der Waals surface area contributed by atoms with Crippen LogP contribution in [0.25, 0.3) is 0 Å². The Morgan fingerprint density at radius 3 is 2.28 bits per heavy atom. The Balaban J connectivity index is 1.33. The normalized spacial score (nSPS) is 19.4. The van der Waals surface area contributed by atoms with E-state index in [-0.39, 0.29) is 18.6 Å². The lowest BCUT2D eigenvalue weighted by Gasteiger charge is -2.31. The van der Waals surface area contributed by atoms with Crippen LogP contribution in [-0.4, -0.2) is 41.7 Å². The van der Waals surface area contributed by atoms with Crippen molar-refractivity contribution in [1.29, 1.82) is 0 Å². The number of ether oxygens (including phenoxy) is 2. The van der Waals surface area contributed by atoms with Gasteiger partial charge in [0.05, 0.1) is 6.61 Å². The van der Waals surface area contributed by atoms with Crippen LogP contribution in [0.5, 0.6) is 5.75 Å². The minimum atomic E-state index is -1.28. The molecule has 0 fully saturated rings. The lowest BCUT2D eigenvalue weighted by Crippen LogP contribution is -2.56. The monoisotopic (exact) mass is 639 g/mol. The Morgan fingerprint density at radius 1 is 0.930 bits per heavy atom. The van der Waals surface area contributed by atoms with E-state index in [0.29, 0.717) is 31.1 Å². The molecule has 43 heavy (non-hydrogen) atoms. The van der Waals surface area contributed by atoms with Crippen LogP contribution in [0.3, 0.4) is 0 Å². The number of rotatable bonds is 11. The second-order valence-corrected chi connectivity index (χ2v) is 11.9. The topological polar surface area (TPSA) is 92.2 Å². The number of carbonyl (C=O) groups excluding carboxylic acids is 1. The average Bonchev–Trinajstić information content (AvgIpc) is 3.64. The molecule has 1 amide bonds. The maximum Gasteiger partial charge on any atom is 0.266 e. The average molecular weight is 641 g/mol. The third-order valence-electron chi connectivity index (χ3n) is 7.96. The number of hydrogen-bond donors (Lipinski definition) is 3. The highest BCUT2D eigenvalue weighted by Gasteiger charge is 2.53. The molecule has 0 bridgehead atoms. The third kappa shape index (κ3) is 6.51. The van der Waals surface area contributed by atoms with Gasteiger partial charge >= 0.3 is 0 Å². The number of fused-ring (bicyclic) bond motifs is 1. The Kier molecular flexibility index (Phi) is 8.88. The van der Waals surface area contributed by atoms with Crippen molar-refractivity contribution in [3.63, 3.8) is 0 Å². The summed E-state index contributed by atoms with van der Waals surface area (Å²) in [5, 5.41) is 9.05. The van der Waals surface area contributed by atoms with Gasteiger partial charge < -0.3 is 14.6 Å². The molecule has 4 aromatic carbocycles. The van der Waals surface area contributed by atoms with Gasteiger partial charge in [-0.05, 0) is 71.5 Å². The zero-order chi connectivity index (χ0) is 29.6. The van der Waals surface area contributed by atoms with Crippen LogP contribution in [0.1, 0.15) is 40.3 Å². The van der Waals surface area contributed by atoms with Gasteiger partial charge in [-0.1, -0.05) is 82.7 Å². The van der Waals surface area contributed by atoms with Gasteiger partial charge in [-0.2, -0.15) is 0 Å². The number of aliphatic imine (C=N–C) groups is 1. The van der Waals surface area contributed by atoms with Gasteiger partial charge in [0.2, 0.25) is 5.90 Å². The van der Waals surface area contributed by atoms with Crippen LogP contribution >= 0.6 is 15.9 Å². The highest BCUT2D eigenvalue weighted by molar-refractivity contribution is 9.10. The maximum atomic E-state index is 14.4. The zero-order valence-electron chi connectivity index (χ0n) is 23.7. The van der Waals surface area contributed by atoms with Crippen molar-refractivity contribution in [2.45, 2.75) is 43.4 Å². The lowest BCUT2D eigenvalue weighted by molar-refractivity contribution is -0.130. The van der Waals surface area contributed by atoms with E-state index in [1.54, 1.807) is 0 Å². The number of hydrazine groups is 1. The van der Waals surface area contributed by atoms with Crippen molar-refractivity contribution >= 4 is 27.7 Å². The fourth-order valence-electron chi connectivity index (χ4n) is 5.76. The van der Waals surface area contributed by atoms with E-state index < -0.39 is 11.6 Å². The number of nitrogens with zero attached hydrogens (tertiary/aromatic N) is 1. The molecule has 7 nitrogen and oxygen atoms in total. The summed E-state index contributed by atoms with van der Waals surface area (Å²) in [5.74, 6) is 0.839. The van der Waals surface area contributed by atoms with Gasteiger partial charge in [-0.15, -0.1) is 0 Å². The molecule has 4 aromatic rings. The summed E-state index contributed by atoms with van der Waals surface area (Å²) in [6, 6.07) is 33.7. The smallest absolute Gasteiger partial charge is 0.266 e. The maximum absolute atomic E-state index is 14.4. The van der Waals surface area contributed by atoms with Gasteiger partial charge in [0.25, 0.3) is 5.91 Å². The van der Waals surface area contributed by atoms with Gasteiger partial charge in [0.15, 0.2) is 11.6 Å². The van der Waals surface area contributed by atoms with Crippen LogP contribution in [0, 0.1) is 0 Å². The number of nitrogens with one attached hydrogen (secondary N) is 2. The number of hydrogen-bond acceptors (Lipinski definition) is 6. The Labute approximate surface area is 260 Å². The summed E-state index contributed by atoms with van der Waals surface area (Å²) in [5.41, 5.74) is 10.3. The van der Waals surface area contributed by atoms with E-state index in [1.165, 1.54) is 11.1 Å². The molecule has 1 aliphatic heterocycles. The number of aliphatic hydroxyl groups is 1. The van der Waals surface area contributed by atoms with Crippen LogP contribution in [-0.2, 0) is 28.8 Å². The summed E-state index contributed by atoms with van der Waals surface area (Å²) >= 11 is 3.53. The molecule has 2 aliphatic rings. The lowest BCUT2D eigenvalue weighted by atomic mass is 9.82. The van der Waals surface area contributed by atoms with E-state index in [0.717, 1.165) is 34.0 Å². The zero-order valence-corrected chi connectivity index (χ0v) is 25.3. The predicted molar refractivity (Wildman–Crippen MR) is 170 cm³/mol. The number of benzene rings is 4. The number of halogens is 1. The molecule has 0 radical (unpaired) electrons. The predicted octanol–water partition coefficient (Wildman–Crippen LogP) is 5.50. The first-order chi connectivity index (χ1) is 21.0. The standard InChI is InChI=1S/C35H34BrN3O4/c36-29-15-11-24(12-16-29)23-35(34(41)39-38-30-21-27-9-4-5-10-28(27)22-30)32(25-7-2-1-3-8-25)43-33(37-35)26-13-17-31(18-14-26)42-20-6-19-40/h1-5,7-18,30,32,38,40H,6,19-23H2,(H,39,41)/t32-,35-/m0/s1. The molecule has 3 N–H and O–H groups in total. The fraction of sp³-hybridized carbons (Fsp3) is 0.257. The Morgan fingerprint density at radius 2 is 1.60 bits per heavy atom. The van der Waals surface area contributed by atoms with Crippen molar-refractivity contribution in [3.05, 3.63) is 135 Å². The van der Waals surface area contributed by atoms with E-state index in [4.69, 9.17) is 19.6 Å². The second kappa shape index (κ2) is 13.1. The van der Waals surface area contributed by atoms with Gasteiger partial charge in [-0.3, -0.25) is 10.2 Å². The quantitative estimate of drug-likeness (QED) is 0.149. The van der Waals surface area contributed by atoms with Crippen LogP contribution in [0.15, 0.2) is 113 Å². The van der Waals surface area contributed by atoms with Crippen molar-refractivity contribution in [3.8, 4) is 5.75 Å².